The van der Waals surface area contributed by atoms with Crippen molar-refractivity contribution >= 4 is 10.9 Å². The molecular weight excluding hydrogens is 310 g/mol. The molecule has 0 saturated carbocycles. The molecule has 0 fully saturated rings. The van der Waals surface area contributed by atoms with Crippen molar-refractivity contribution in [1.82, 2.24) is 15.0 Å². The van der Waals surface area contributed by atoms with Gasteiger partial charge in [0.15, 0.2) is 0 Å². The molecule has 122 valence electrons. The Balaban J connectivity index is 1.86. The van der Waals surface area contributed by atoms with E-state index in [1.807, 2.05) is 24.4 Å². The summed E-state index contributed by atoms with van der Waals surface area (Å²) in [5, 5.41) is 1.03. The number of aromatic nitrogens is 3. The minimum absolute atomic E-state index is 0.605. The molecular formula is C21H17N3O. The predicted octanol–water partition coefficient (Wildman–Crippen LogP) is 4.68. The molecule has 0 aliphatic carbocycles. The summed E-state index contributed by atoms with van der Waals surface area (Å²) in [5.74, 6) is 0.605. The van der Waals surface area contributed by atoms with Crippen LogP contribution < -0.4 is 4.74 Å². The summed E-state index contributed by atoms with van der Waals surface area (Å²) in [6.07, 6.45) is 3.43. The minimum atomic E-state index is 0.605. The molecule has 2 heterocycles. The van der Waals surface area contributed by atoms with Crippen molar-refractivity contribution < 1.29 is 4.74 Å². The second-order valence-corrected chi connectivity index (χ2v) is 5.91. The van der Waals surface area contributed by atoms with Crippen molar-refractivity contribution in [2.75, 3.05) is 7.11 Å². The Morgan fingerprint density at radius 3 is 2.24 bits per heavy atom. The normalized spacial score (nSPS) is 10.8. The number of rotatable bonds is 3. The van der Waals surface area contributed by atoms with Gasteiger partial charge in [-0.25, -0.2) is 15.0 Å². The van der Waals surface area contributed by atoms with Crippen molar-refractivity contribution in [3.05, 3.63) is 72.7 Å². The number of fused-ring (bicyclic) bond motifs is 1. The number of aryl methyl sites for hydroxylation is 1. The molecule has 0 spiro atoms. The van der Waals surface area contributed by atoms with Crippen LogP contribution in [-0.4, -0.2) is 22.1 Å². The summed E-state index contributed by atoms with van der Waals surface area (Å²) >= 11 is 0. The van der Waals surface area contributed by atoms with Crippen LogP contribution in [0, 0.1) is 6.92 Å². The number of pyridine rings is 1. The average molecular weight is 327 g/mol. The molecule has 0 amide bonds. The first-order chi connectivity index (χ1) is 12.2. The molecule has 0 aliphatic rings. The molecule has 2 aromatic carbocycles. The smallest absolute Gasteiger partial charge is 0.212 e. The zero-order chi connectivity index (χ0) is 17.2. The van der Waals surface area contributed by atoms with Gasteiger partial charge in [0.25, 0.3) is 0 Å². The van der Waals surface area contributed by atoms with Gasteiger partial charge in [-0.2, -0.15) is 0 Å². The van der Waals surface area contributed by atoms with Gasteiger partial charge in [-0.05, 0) is 30.7 Å². The summed E-state index contributed by atoms with van der Waals surface area (Å²) < 4.78 is 5.13. The first kappa shape index (κ1) is 15.3. The highest BCUT2D eigenvalue weighted by Crippen LogP contribution is 2.30. The Kier molecular flexibility index (Phi) is 3.86. The molecule has 4 aromatic rings. The van der Waals surface area contributed by atoms with E-state index >= 15 is 0 Å². The van der Waals surface area contributed by atoms with Crippen LogP contribution in [0.2, 0.25) is 0 Å². The zero-order valence-electron chi connectivity index (χ0n) is 14.1. The van der Waals surface area contributed by atoms with Crippen LogP contribution in [0.15, 0.2) is 67.1 Å². The first-order valence-corrected chi connectivity index (χ1v) is 8.07. The van der Waals surface area contributed by atoms with Crippen molar-refractivity contribution in [1.29, 1.82) is 0 Å². The predicted molar refractivity (Wildman–Crippen MR) is 99.5 cm³/mol. The van der Waals surface area contributed by atoms with Crippen LogP contribution in [-0.2, 0) is 0 Å². The van der Waals surface area contributed by atoms with Crippen LogP contribution in [0.4, 0.5) is 0 Å². The molecule has 4 heteroatoms. The van der Waals surface area contributed by atoms with Gasteiger partial charge in [-0.15, -0.1) is 0 Å². The van der Waals surface area contributed by atoms with E-state index in [1.54, 1.807) is 13.4 Å². The number of nitrogens with zero attached hydrogens (tertiary/aromatic N) is 3. The third-order valence-corrected chi connectivity index (χ3v) is 4.24. The van der Waals surface area contributed by atoms with Crippen LogP contribution in [0.25, 0.3) is 33.3 Å². The van der Waals surface area contributed by atoms with Crippen molar-refractivity contribution in [2.45, 2.75) is 6.92 Å². The molecule has 0 aliphatic heterocycles. The van der Waals surface area contributed by atoms with Crippen LogP contribution in [0.5, 0.6) is 5.88 Å². The highest BCUT2D eigenvalue weighted by atomic mass is 16.5. The maximum Gasteiger partial charge on any atom is 0.212 e. The van der Waals surface area contributed by atoms with Gasteiger partial charge in [0.05, 0.1) is 18.3 Å². The van der Waals surface area contributed by atoms with Crippen molar-refractivity contribution in [3.8, 4) is 28.3 Å². The monoisotopic (exact) mass is 327 g/mol. The Morgan fingerprint density at radius 2 is 1.52 bits per heavy atom. The van der Waals surface area contributed by atoms with Gasteiger partial charge >= 0.3 is 0 Å². The maximum absolute atomic E-state index is 5.13. The molecule has 25 heavy (non-hydrogen) atoms. The SMILES string of the molecule is COc1ccc(-c2ccc3ncnc(-c4ccc(C)cc4)c3c2)cn1. The van der Waals surface area contributed by atoms with Crippen LogP contribution in [0.1, 0.15) is 5.56 Å². The van der Waals surface area contributed by atoms with Gasteiger partial charge < -0.3 is 4.74 Å². The summed E-state index contributed by atoms with van der Waals surface area (Å²) in [6, 6.07) is 18.4. The number of methoxy groups -OCH3 is 1. The minimum Gasteiger partial charge on any atom is -0.481 e. The molecule has 0 saturated heterocycles. The third-order valence-electron chi connectivity index (χ3n) is 4.24. The zero-order valence-corrected chi connectivity index (χ0v) is 14.1. The largest absolute Gasteiger partial charge is 0.481 e. The number of hydrogen-bond donors (Lipinski definition) is 0. The van der Waals surface area contributed by atoms with E-state index in [4.69, 9.17) is 4.74 Å². The van der Waals surface area contributed by atoms with Gasteiger partial charge in [0, 0.05) is 28.8 Å². The number of hydrogen-bond acceptors (Lipinski definition) is 4. The third kappa shape index (κ3) is 2.94. The fourth-order valence-corrected chi connectivity index (χ4v) is 2.85. The highest BCUT2D eigenvalue weighted by molar-refractivity contribution is 5.94. The molecule has 0 bridgehead atoms. The molecule has 4 nitrogen and oxygen atoms in total. The van der Waals surface area contributed by atoms with Gasteiger partial charge in [-0.1, -0.05) is 35.9 Å². The first-order valence-electron chi connectivity index (χ1n) is 8.07. The van der Waals surface area contributed by atoms with E-state index < -0.39 is 0 Å². The summed E-state index contributed by atoms with van der Waals surface area (Å²) in [7, 11) is 1.61. The van der Waals surface area contributed by atoms with E-state index in [-0.39, 0.29) is 0 Å². The summed E-state index contributed by atoms with van der Waals surface area (Å²) in [6.45, 7) is 2.08. The second kappa shape index (κ2) is 6.32. The van der Waals surface area contributed by atoms with Gasteiger partial charge in [0.1, 0.15) is 6.33 Å². The maximum atomic E-state index is 5.13. The topological polar surface area (TPSA) is 47.9 Å². The van der Waals surface area contributed by atoms with E-state index in [2.05, 4.69) is 58.3 Å². The van der Waals surface area contributed by atoms with E-state index in [9.17, 15) is 0 Å². The van der Waals surface area contributed by atoms with Crippen molar-refractivity contribution in [3.63, 3.8) is 0 Å². The molecule has 0 atom stereocenters. The summed E-state index contributed by atoms with van der Waals surface area (Å²) in [5.41, 5.74) is 6.28. The van der Waals surface area contributed by atoms with Gasteiger partial charge in [0.2, 0.25) is 5.88 Å². The van der Waals surface area contributed by atoms with Crippen LogP contribution >= 0.6 is 0 Å². The molecule has 0 N–H and O–H groups in total. The van der Waals surface area contributed by atoms with E-state index in [1.165, 1.54) is 5.56 Å². The Labute approximate surface area is 146 Å². The van der Waals surface area contributed by atoms with E-state index in [0.29, 0.717) is 5.88 Å². The lowest BCUT2D eigenvalue weighted by Gasteiger charge is -2.08. The van der Waals surface area contributed by atoms with Crippen LogP contribution in [0.3, 0.4) is 0 Å². The molecule has 0 radical (unpaired) electrons. The van der Waals surface area contributed by atoms with E-state index in [0.717, 1.165) is 33.3 Å². The molecule has 2 aromatic heterocycles. The average Bonchev–Trinajstić information content (AvgIpc) is 2.68. The molecule has 0 unspecified atom stereocenters. The Morgan fingerprint density at radius 1 is 0.760 bits per heavy atom. The molecule has 4 rings (SSSR count). The second-order valence-electron chi connectivity index (χ2n) is 5.91. The lowest BCUT2D eigenvalue weighted by Crippen LogP contribution is -1.91. The lowest BCUT2D eigenvalue weighted by molar-refractivity contribution is 0.398. The Hall–Kier alpha value is -3.27. The summed E-state index contributed by atoms with van der Waals surface area (Å²) in [4.78, 5) is 13.2. The quantitative estimate of drug-likeness (QED) is 0.548. The number of benzene rings is 2. The fourth-order valence-electron chi connectivity index (χ4n) is 2.85. The van der Waals surface area contributed by atoms with Crippen molar-refractivity contribution in [2.24, 2.45) is 0 Å². The lowest BCUT2D eigenvalue weighted by atomic mass is 10.0. The Bertz CT molecular complexity index is 1030. The standard InChI is InChI=1S/C21H17N3O/c1-14-3-5-15(6-4-14)21-18-11-16(7-9-19(18)23-13-24-21)17-8-10-20(25-2)22-12-17/h3-13H,1-2H3. The highest BCUT2D eigenvalue weighted by Gasteiger charge is 2.08. The number of ether oxygens (including phenoxy) is 1. The van der Waals surface area contributed by atoms with Gasteiger partial charge in [-0.3, -0.25) is 0 Å². The fraction of sp³-hybridized carbons (Fsp3) is 0.0952.